The fourth-order valence-electron chi connectivity index (χ4n) is 3.63. The van der Waals surface area contributed by atoms with Gasteiger partial charge < -0.3 is 9.47 Å². The van der Waals surface area contributed by atoms with E-state index in [9.17, 15) is 8.78 Å². The van der Waals surface area contributed by atoms with Gasteiger partial charge in [0.1, 0.15) is 0 Å². The van der Waals surface area contributed by atoms with Crippen molar-refractivity contribution in [3.05, 3.63) is 34.9 Å². The van der Waals surface area contributed by atoms with Crippen LogP contribution in [0, 0.1) is 36.3 Å². The lowest BCUT2D eigenvalue weighted by molar-refractivity contribution is -0.214. The molecule has 0 amide bonds. The summed E-state index contributed by atoms with van der Waals surface area (Å²) in [6.07, 6.45) is 4.48. The van der Waals surface area contributed by atoms with Gasteiger partial charge in [0, 0.05) is 11.5 Å². The highest BCUT2D eigenvalue weighted by atomic mass is 19.2. The zero-order chi connectivity index (χ0) is 15.7. The van der Waals surface area contributed by atoms with Crippen LogP contribution in [0.15, 0.2) is 12.1 Å². The average molecular weight is 310 g/mol. The smallest absolute Gasteiger partial charge is 0.183 e. The van der Waals surface area contributed by atoms with E-state index in [2.05, 4.69) is 6.92 Å². The molecule has 0 radical (unpaired) electrons. The van der Waals surface area contributed by atoms with E-state index in [0.717, 1.165) is 5.92 Å². The van der Waals surface area contributed by atoms with Gasteiger partial charge in [-0.25, -0.2) is 8.78 Å². The summed E-state index contributed by atoms with van der Waals surface area (Å²) in [6, 6.07) is 2.78. The number of halogens is 2. The molecule has 0 bridgehead atoms. The number of aryl methyl sites for hydroxylation is 1. The van der Waals surface area contributed by atoms with E-state index >= 15 is 0 Å². The Morgan fingerprint density at radius 1 is 0.955 bits per heavy atom. The Labute approximate surface area is 130 Å². The molecule has 3 rings (SSSR count). The first kappa shape index (κ1) is 15.9. The Morgan fingerprint density at radius 3 is 2.18 bits per heavy atom. The van der Waals surface area contributed by atoms with Crippen molar-refractivity contribution in [2.75, 3.05) is 13.2 Å². The van der Waals surface area contributed by atoms with Gasteiger partial charge in [0.25, 0.3) is 0 Å². The first-order valence-corrected chi connectivity index (χ1v) is 8.23. The van der Waals surface area contributed by atoms with Crippen molar-refractivity contribution >= 4 is 0 Å². The number of rotatable bonds is 2. The molecule has 0 N–H and O–H groups in total. The monoisotopic (exact) mass is 310 g/mol. The number of hydrogen-bond donors (Lipinski definition) is 0. The molecule has 0 atom stereocenters. The van der Waals surface area contributed by atoms with Gasteiger partial charge in [-0.3, -0.25) is 0 Å². The van der Waals surface area contributed by atoms with Crippen LogP contribution in [0.3, 0.4) is 0 Å². The second kappa shape index (κ2) is 6.63. The molecule has 1 aromatic rings. The predicted molar refractivity (Wildman–Crippen MR) is 80.4 cm³/mol. The van der Waals surface area contributed by atoms with Crippen LogP contribution in [0.4, 0.5) is 8.78 Å². The average Bonchev–Trinajstić information content (AvgIpc) is 2.53. The summed E-state index contributed by atoms with van der Waals surface area (Å²) in [7, 11) is 0. The third-order valence-corrected chi connectivity index (χ3v) is 5.16. The lowest BCUT2D eigenvalue weighted by Crippen LogP contribution is -2.34. The molecule has 2 nitrogen and oxygen atoms in total. The third kappa shape index (κ3) is 3.33. The molecule has 22 heavy (non-hydrogen) atoms. The van der Waals surface area contributed by atoms with Gasteiger partial charge in [0.15, 0.2) is 17.9 Å². The molecule has 122 valence electrons. The van der Waals surface area contributed by atoms with Gasteiger partial charge in [-0.05, 0) is 49.3 Å². The Morgan fingerprint density at radius 2 is 1.59 bits per heavy atom. The summed E-state index contributed by atoms with van der Waals surface area (Å²) in [5.74, 6) is 0.290. The molecular formula is C18H24F2O2. The van der Waals surface area contributed by atoms with E-state index in [1.165, 1.54) is 31.7 Å². The number of benzene rings is 1. The van der Waals surface area contributed by atoms with Crippen LogP contribution in [0.1, 0.15) is 50.0 Å². The van der Waals surface area contributed by atoms with Crippen LogP contribution < -0.4 is 0 Å². The molecule has 1 aliphatic heterocycles. The molecule has 2 aliphatic rings. The SMILES string of the molecule is Cc1cc(C2OCC(C3CCC(C)CC3)CO2)cc(F)c1F. The maximum Gasteiger partial charge on any atom is 0.183 e. The number of ether oxygens (including phenoxy) is 2. The largest absolute Gasteiger partial charge is 0.348 e. The Balaban J connectivity index is 1.60. The second-order valence-corrected chi connectivity index (χ2v) is 6.91. The van der Waals surface area contributed by atoms with Crippen molar-refractivity contribution in [3.8, 4) is 0 Å². The van der Waals surface area contributed by atoms with Gasteiger partial charge in [-0.2, -0.15) is 0 Å². The molecule has 0 unspecified atom stereocenters. The Bertz CT molecular complexity index is 493. The van der Waals surface area contributed by atoms with Gasteiger partial charge in [-0.1, -0.05) is 19.8 Å². The summed E-state index contributed by atoms with van der Waals surface area (Å²) < 4.78 is 38.5. The van der Waals surface area contributed by atoms with Crippen molar-refractivity contribution in [1.82, 2.24) is 0 Å². The second-order valence-electron chi connectivity index (χ2n) is 6.91. The third-order valence-electron chi connectivity index (χ3n) is 5.16. The van der Waals surface area contributed by atoms with Crippen LogP contribution in [0.25, 0.3) is 0 Å². The first-order chi connectivity index (χ1) is 10.5. The number of hydrogen-bond acceptors (Lipinski definition) is 2. The van der Waals surface area contributed by atoms with Crippen LogP contribution in [0.2, 0.25) is 0 Å². The molecule has 4 heteroatoms. The molecule has 1 aromatic carbocycles. The van der Waals surface area contributed by atoms with Gasteiger partial charge >= 0.3 is 0 Å². The standard InChI is InChI=1S/C18H24F2O2/c1-11-3-5-13(6-4-11)15-9-21-18(22-10-15)14-7-12(2)17(20)16(19)8-14/h7-8,11,13,15,18H,3-6,9-10H2,1-2H3. The minimum atomic E-state index is -0.842. The normalized spacial score (nSPS) is 32.9. The quantitative estimate of drug-likeness (QED) is 0.784. The van der Waals surface area contributed by atoms with E-state index < -0.39 is 17.9 Å². The molecular weight excluding hydrogens is 286 g/mol. The van der Waals surface area contributed by atoms with E-state index in [0.29, 0.717) is 30.6 Å². The summed E-state index contributed by atoms with van der Waals surface area (Å²) in [5.41, 5.74) is 0.845. The highest BCUT2D eigenvalue weighted by Crippen LogP contribution is 2.37. The molecule has 2 fully saturated rings. The van der Waals surface area contributed by atoms with Crippen molar-refractivity contribution < 1.29 is 18.3 Å². The highest BCUT2D eigenvalue weighted by molar-refractivity contribution is 5.26. The lowest BCUT2D eigenvalue weighted by atomic mass is 9.76. The molecule has 1 heterocycles. The Kier molecular flexibility index (Phi) is 4.79. The topological polar surface area (TPSA) is 18.5 Å². The molecule has 1 saturated heterocycles. The van der Waals surface area contributed by atoms with Gasteiger partial charge in [-0.15, -0.1) is 0 Å². The van der Waals surface area contributed by atoms with Crippen LogP contribution in [-0.4, -0.2) is 13.2 Å². The zero-order valence-corrected chi connectivity index (χ0v) is 13.3. The van der Waals surface area contributed by atoms with E-state index in [1.54, 1.807) is 13.0 Å². The summed E-state index contributed by atoms with van der Waals surface area (Å²) >= 11 is 0. The first-order valence-electron chi connectivity index (χ1n) is 8.23. The maximum atomic E-state index is 13.5. The highest BCUT2D eigenvalue weighted by Gasteiger charge is 2.32. The summed E-state index contributed by atoms with van der Waals surface area (Å²) in [5, 5.41) is 0. The van der Waals surface area contributed by atoms with Crippen LogP contribution in [-0.2, 0) is 9.47 Å². The molecule has 0 aromatic heterocycles. The van der Waals surface area contributed by atoms with Crippen molar-refractivity contribution in [2.24, 2.45) is 17.8 Å². The fraction of sp³-hybridized carbons (Fsp3) is 0.667. The van der Waals surface area contributed by atoms with Gasteiger partial charge in [0.2, 0.25) is 0 Å². The van der Waals surface area contributed by atoms with Gasteiger partial charge in [0.05, 0.1) is 13.2 Å². The zero-order valence-electron chi connectivity index (χ0n) is 13.3. The maximum absolute atomic E-state index is 13.5. The van der Waals surface area contributed by atoms with E-state index in [-0.39, 0.29) is 5.56 Å². The fourth-order valence-corrected chi connectivity index (χ4v) is 3.63. The molecule has 1 aliphatic carbocycles. The van der Waals surface area contributed by atoms with Crippen molar-refractivity contribution in [1.29, 1.82) is 0 Å². The molecule has 1 saturated carbocycles. The van der Waals surface area contributed by atoms with Crippen LogP contribution >= 0.6 is 0 Å². The summed E-state index contributed by atoms with van der Waals surface area (Å²) in [6.45, 7) is 5.14. The molecule has 0 spiro atoms. The predicted octanol–water partition coefficient (Wildman–Crippen LogP) is 4.76. The van der Waals surface area contributed by atoms with Crippen molar-refractivity contribution in [3.63, 3.8) is 0 Å². The van der Waals surface area contributed by atoms with Crippen LogP contribution in [0.5, 0.6) is 0 Å². The minimum absolute atomic E-state index is 0.283. The van der Waals surface area contributed by atoms with E-state index in [1.807, 2.05) is 0 Å². The van der Waals surface area contributed by atoms with Crippen molar-refractivity contribution in [2.45, 2.75) is 45.8 Å². The minimum Gasteiger partial charge on any atom is -0.348 e. The summed E-state index contributed by atoms with van der Waals surface area (Å²) in [4.78, 5) is 0. The van der Waals surface area contributed by atoms with E-state index in [4.69, 9.17) is 9.47 Å². The lowest BCUT2D eigenvalue weighted by Gasteiger charge is -2.37. The Hall–Kier alpha value is -1.00.